The number of nitrogens with two attached hydrogens (primary N) is 1. The van der Waals surface area contributed by atoms with E-state index in [0.717, 1.165) is 30.6 Å². The van der Waals surface area contributed by atoms with Crippen molar-refractivity contribution in [3.8, 4) is 0 Å². The van der Waals surface area contributed by atoms with Crippen LogP contribution in [0.5, 0.6) is 0 Å². The summed E-state index contributed by atoms with van der Waals surface area (Å²) in [5.74, 6) is 0.786. The second kappa shape index (κ2) is 5.10. The van der Waals surface area contributed by atoms with E-state index < -0.39 is 0 Å². The minimum Gasteiger partial charge on any atom is -0.329 e. The van der Waals surface area contributed by atoms with Gasteiger partial charge in [0.05, 0.1) is 0 Å². The average molecular weight is 251 g/mol. The maximum absolute atomic E-state index is 6.04. The molecule has 2 aliphatic heterocycles. The van der Waals surface area contributed by atoms with Gasteiger partial charge in [0.25, 0.3) is 0 Å². The highest BCUT2D eigenvalue weighted by Gasteiger charge is 2.42. The predicted octanol–water partition coefficient (Wildman–Crippen LogP) is 1.67. The van der Waals surface area contributed by atoms with Crippen molar-refractivity contribution < 1.29 is 0 Å². The molecule has 0 radical (unpaired) electrons. The van der Waals surface area contributed by atoms with E-state index in [1.54, 1.807) is 0 Å². The first-order valence-electron chi connectivity index (χ1n) is 7.92. The van der Waals surface area contributed by atoms with Crippen LogP contribution in [0.15, 0.2) is 0 Å². The van der Waals surface area contributed by atoms with E-state index in [4.69, 9.17) is 5.73 Å². The highest BCUT2D eigenvalue weighted by atomic mass is 15.3. The molecule has 2 N–H and O–H groups in total. The third-order valence-electron chi connectivity index (χ3n) is 5.49. The Labute approximate surface area is 112 Å². The molecule has 3 nitrogen and oxygen atoms in total. The van der Waals surface area contributed by atoms with Crippen LogP contribution in [0.1, 0.15) is 46.0 Å². The molecule has 3 heteroatoms. The van der Waals surface area contributed by atoms with E-state index in [-0.39, 0.29) is 0 Å². The Kier molecular flexibility index (Phi) is 3.65. The molecule has 0 aromatic carbocycles. The summed E-state index contributed by atoms with van der Waals surface area (Å²) < 4.78 is 0. The van der Waals surface area contributed by atoms with Crippen LogP contribution in [0, 0.1) is 5.92 Å². The molecular weight excluding hydrogens is 222 g/mol. The lowest BCUT2D eigenvalue weighted by Crippen LogP contribution is -2.53. The van der Waals surface area contributed by atoms with E-state index >= 15 is 0 Å². The lowest BCUT2D eigenvalue weighted by Gasteiger charge is -2.43. The topological polar surface area (TPSA) is 32.5 Å². The van der Waals surface area contributed by atoms with E-state index in [0.29, 0.717) is 6.04 Å². The molecule has 3 rings (SSSR count). The molecule has 0 spiro atoms. The molecule has 4 unspecified atom stereocenters. The minimum absolute atomic E-state index is 0.634. The maximum Gasteiger partial charge on any atom is 0.0247 e. The summed E-state index contributed by atoms with van der Waals surface area (Å²) in [6.07, 6.45) is 6.97. The van der Waals surface area contributed by atoms with Crippen molar-refractivity contribution in [3.63, 3.8) is 0 Å². The van der Waals surface area contributed by atoms with Crippen LogP contribution in [0.4, 0.5) is 0 Å². The van der Waals surface area contributed by atoms with Crippen molar-refractivity contribution in [2.24, 2.45) is 11.7 Å². The molecule has 0 amide bonds. The third kappa shape index (κ3) is 2.33. The number of rotatable bonds is 3. The summed E-state index contributed by atoms with van der Waals surface area (Å²) in [6, 6.07) is 3.12. The summed E-state index contributed by atoms with van der Waals surface area (Å²) in [5, 5.41) is 0. The first kappa shape index (κ1) is 12.9. The van der Waals surface area contributed by atoms with Gasteiger partial charge in [-0.1, -0.05) is 6.92 Å². The molecule has 3 aliphatic rings. The van der Waals surface area contributed by atoms with E-state index in [9.17, 15) is 0 Å². The predicted molar refractivity (Wildman–Crippen MR) is 75.5 cm³/mol. The molecule has 4 atom stereocenters. The Balaban J connectivity index is 1.66. The standard InChI is InChI=1S/C15H29N3/c1-11-4-3-7-17(15(11)9-16)14-8-12(2)18(10-14)13-5-6-13/h11-15H,3-10,16H2,1-2H3. The van der Waals surface area contributed by atoms with Gasteiger partial charge in [0.15, 0.2) is 0 Å². The van der Waals surface area contributed by atoms with Gasteiger partial charge in [-0.3, -0.25) is 9.80 Å². The largest absolute Gasteiger partial charge is 0.329 e. The van der Waals surface area contributed by atoms with Crippen LogP contribution in [0.2, 0.25) is 0 Å². The summed E-state index contributed by atoms with van der Waals surface area (Å²) >= 11 is 0. The van der Waals surface area contributed by atoms with E-state index in [1.165, 1.54) is 45.2 Å². The highest BCUT2D eigenvalue weighted by molar-refractivity contribution is 4.99. The van der Waals surface area contributed by atoms with Gasteiger partial charge in [-0.15, -0.1) is 0 Å². The van der Waals surface area contributed by atoms with Gasteiger partial charge in [-0.25, -0.2) is 0 Å². The second-order valence-corrected chi connectivity index (χ2v) is 6.83. The fourth-order valence-electron chi connectivity index (χ4n) is 4.28. The molecule has 18 heavy (non-hydrogen) atoms. The fraction of sp³-hybridized carbons (Fsp3) is 1.00. The highest BCUT2D eigenvalue weighted by Crippen LogP contribution is 2.36. The Morgan fingerprint density at radius 3 is 2.50 bits per heavy atom. The van der Waals surface area contributed by atoms with E-state index in [1.807, 2.05) is 0 Å². The number of hydrogen-bond acceptors (Lipinski definition) is 3. The van der Waals surface area contributed by atoms with Gasteiger partial charge >= 0.3 is 0 Å². The van der Waals surface area contributed by atoms with Crippen molar-refractivity contribution >= 4 is 0 Å². The van der Waals surface area contributed by atoms with Crippen LogP contribution >= 0.6 is 0 Å². The molecule has 2 heterocycles. The lowest BCUT2D eigenvalue weighted by atomic mass is 9.89. The van der Waals surface area contributed by atoms with Crippen molar-refractivity contribution in [1.29, 1.82) is 0 Å². The molecule has 0 bridgehead atoms. The number of likely N-dealkylation sites (tertiary alicyclic amines) is 2. The number of nitrogens with zero attached hydrogens (tertiary/aromatic N) is 2. The lowest BCUT2D eigenvalue weighted by molar-refractivity contribution is 0.0645. The first-order chi connectivity index (χ1) is 8.70. The zero-order chi connectivity index (χ0) is 12.7. The zero-order valence-corrected chi connectivity index (χ0v) is 12.0. The summed E-state index contributed by atoms with van der Waals surface area (Å²) in [5.41, 5.74) is 6.04. The van der Waals surface area contributed by atoms with Crippen molar-refractivity contribution in [3.05, 3.63) is 0 Å². The molecule has 0 aromatic heterocycles. The molecular formula is C15H29N3. The fourth-order valence-corrected chi connectivity index (χ4v) is 4.28. The normalized spacial score (nSPS) is 43.5. The summed E-state index contributed by atoms with van der Waals surface area (Å²) in [7, 11) is 0. The number of piperidine rings is 1. The summed E-state index contributed by atoms with van der Waals surface area (Å²) in [6.45, 7) is 8.23. The average Bonchev–Trinajstić information content (AvgIpc) is 3.12. The molecule has 1 aliphatic carbocycles. The quantitative estimate of drug-likeness (QED) is 0.828. The SMILES string of the molecule is CC1CCCN(C2CC(C)N(C3CC3)C2)C1CN. The van der Waals surface area contributed by atoms with Gasteiger partial charge < -0.3 is 5.73 Å². The third-order valence-corrected chi connectivity index (χ3v) is 5.49. The number of hydrogen-bond donors (Lipinski definition) is 1. The van der Waals surface area contributed by atoms with Crippen molar-refractivity contribution in [1.82, 2.24) is 9.80 Å². The van der Waals surface area contributed by atoms with Crippen LogP contribution in [-0.2, 0) is 0 Å². The van der Waals surface area contributed by atoms with Gasteiger partial charge in [-0.2, -0.15) is 0 Å². The van der Waals surface area contributed by atoms with Crippen LogP contribution in [0.3, 0.4) is 0 Å². The minimum atomic E-state index is 0.634. The second-order valence-electron chi connectivity index (χ2n) is 6.83. The van der Waals surface area contributed by atoms with Gasteiger partial charge in [0.2, 0.25) is 0 Å². The van der Waals surface area contributed by atoms with Crippen LogP contribution in [0.25, 0.3) is 0 Å². The molecule has 1 saturated carbocycles. The maximum atomic E-state index is 6.04. The van der Waals surface area contributed by atoms with Crippen molar-refractivity contribution in [2.75, 3.05) is 19.6 Å². The molecule has 0 aromatic rings. The Morgan fingerprint density at radius 2 is 1.83 bits per heavy atom. The smallest absolute Gasteiger partial charge is 0.0247 e. The first-order valence-corrected chi connectivity index (χ1v) is 7.92. The molecule has 2 saturated heterocycles. The van der Waals surface area contributed by atoms with Gasteiger partial charge in [0.1, 0.15) is 0 Å². The van der Waals surface area contributed by atoms with Crippen LogP contribution in [-0.4, -0.2) is 53.6 Å². The van der Waals surface area contributed by atoms with E-state index in [2.05, 4.69) is 23.6 Å². The molecule has 104 valence electrons. The Bertz CT molecular complexity index is 289. The van der Waals surface area contributed by atoms with Gasteiger partial charge in [0, 0.05) is 37.3 Å². The van der Waals surface area contributed by atoms with Gasteiger partial charge in [-0.05, 0) is 51.5 Å². The zero-order valence-electron chi connectivity index (χ0n) is 12.0. The Morgan fingerprint density at radius 1 is 1.06 bits per heavy atom. The monoisotopic (exact) mass is 251 g/mol. The molecule has 3 fully saturated rings. The van der Waals surface area contributed by atoms with Crippen LogP contribution < -0.4 is 5.73 Å². The summed E-state index contributed by atoms with van der Waals surface area (Å²) in [4.78, 5) is 5.52. The van der Waals surface area contributed by atoms with Crippen molar-refractivity contribution in [2.45, 2.75) is 70.1 Å². The Hall–Kier alpha value is -0.120.